The lowest BCUT2D eigenvalue weighted by atomic mass is 9.90. The lowest BCUT2D eigenvalue weighted by Crippen LogP contribution is -2.21. The maximum Gasteiger partial charge on any atom is 0.187 e. The van der Waals surface area contributed by atoms with Crippen molar-refractivity contribution in [3.63, 3.8) is 0 Å². The van der Waals surface area contributed by atoms with Gasteiger partial charge in [0.1, 0.15) is 0 Å². The van der Waals surface area contributed by atoms with E-state index in [0.717, 1.165) is 43.1 Å². The van der Waals surface area contributed by atoms with Crippen molar-refractivity contribution >= 4 is 29.5 Å². The summed E-state index contributed by atoms with van der Waals surface area (Å²) in [5, 5.41) is 5.05. The molecule has 3 aromatic rings. The first kappa shape index (κ1) is 14.4. The molecule has 0 unspecified atom stereocenters. The predicted octanol–water partition coefficient (Wildman–Crippen LogP) is 3.97. The predicted molar refractivity (Wildman–Crippen MR) is 102 cm³/mol. The average molecular weight is 341 g/mol. The minimum atomic E-state index is 0.0479. The molecule has 2 aliphatic rings. The van der Waals surface area contributed by atoms with Gasteiger partial charge in [0, 0.05) is 16.1 Å². The van der Waals surface area contributed by atoms with Crippen LogP contribution in [0.3, 0.4) is 0 Å². The summed E-state index contributed by atoms with van der Waals surface area (Å²) in [5.41, 5.74) is 3.73. The summed E-state index contributed by atoms with van der Waals surface area (Å²) in [4.78, 5) is 12.7. The minimum absolute atomic E-state index is 0.0479. The maximum absolute atomic E-state index is 12.7. The Hall–Kier alpha value is -2.90. The van der Waals surface area contributed by atoms with Gasteiger partial charge in [-0.15, -0.1) is 0 Å². The molecule has 3 aromatic carbocycles. The van der Waals surface area contributed by atoms with E-state index in [1.165, 1.54) is 0 Å². The highest BCUT2D eigenvalue weighted by Crippen LogP contribution is 2.28. The van der Waals surface area contributed by atoms with E-state index in [1.807, 2.05) is 48.6 Å². The largest absolute Gasteiger partial charge is 0.289 e. The topological polar surface area (TPSA) is 17.1 Å². The Kier molecular flexibility index (Phi) is 3.06. The molecular weight excluding hydrogens is 328 g/mol. The van der Waals surface area contributed by atoms with Crippen LogP contribution in [0, 0.1) is 10.4 Å². The lowest BCUT2D eigenvalue weighted by Gasteiger charge is -2.13. The van der Waals surface area contributed by atoms with Crippen LogP contribution < -0.4 is 10.4 Å². The molecular formula is C23H13ClO. The molecule has 118 valence electrons. The summed E-state index contributed by atoms with van der Waals surface area (Å²) >= 11 is 6.46. The van der Waals surface area contributed by atoms with Gasteiger partial charge in [-0.25, -0.2) is 0 Å². The summed E-state index contributed by atoms with van der Waals surface area (Å²) in [6, 6.07) is 18.2. The molecule has 0 saturated carbocycles. The quantitative estimate of drug-likeness (QED) is 0.512. The van der Waals surface area contributed by atoms with Gasteiger partial charge in [-0.1, -0.05) is 66.2 Å². The molecule has 25 heavy (non-hydrogen) atoms. The van der Waals surface area contributed by atoms with Crippen LogP contribution in [0.15, 0.2) is 66.7 Å². The van der Waals surface area contributed by atoms with Crippen molar-refractivity contribution in [1.29, 1.82) is 0 Å². The molecule has 5 rings (SSSR count). The van der Waals surface area contributed by atoms with Gasteiger partial charge in [-0.05, 0) is 56.3 Å². The van der Waals surface area contributed by atoms with E-state index in [0.29, 0.717) is 5.02 Å². The van der Waals surface area contributed by atoms with Gasteiger partial charge in [0.25, 0.3) is 0 Å². The first-order valence-corrected chi connectivity index (χ1v) is 8.57. The van der Waals surface area contributed by atoms with Crippen LogP contribution in [0.2, 0.25) is 5.02 Å². The number of ketones is 1. The molecule has 0 saturated heterocycles. The normalized spacial score (nSPS) is 13.6. The molecule has 0 N–H and O–H groups in total. The Labute approximate surface area is 149 Å². The van der Waals surface area contributed by atoms with E-state index < -0.39 is 0 Å². The molecule has 0 aromatic heterocycles. The second kappa shape index (κ2) is 5.30. The van der Waals surface area contributed by atoms with Gasteiger partial charge >= 0.3 is 0 Å². The first-order chi connectivity index (χ1) is 12.2. The van der Waals surface area contributed by atoms with Crippen LogP contribution >= 0.6 is 11.6 Å². The van der Waals surface area contributed by atoms with Gasteiger partial charge in [0.05, 0.1) is 0 Å². The van der Waals surface area contributed by atoms with Crippen molar-refractivity contribution in [2.24, 2.45) is 0 Å². The fourth-order valence-corrected chi connectivity index (χ4v) is 4.00. The highest BCUT2D eigenvalue weighted by molar-refractivity contribution is 6.33. The van der Waals surface area contributed by atoms with Crippen LogP contribution in [0.4, 0.5) is 0 Å². The van der Waals surface area contributed by atoms with E-state index >= 15 is 0 Å². The maximum atomic E-state index is 12.7. The minimum Gasteiger partial charge on any atom is -0.289 e. The van der Waals surface area contributed by atoms with Crippen LogP contribution in [-0.2, 0) is 0 Å². The van der Waals surface area contributed by atoms with E-state index in [2.05, 4.69) is 24.3 Å². The Bertz CT molecular complexity index is 1310. The molecule has 0 spiro atoms. The number of rotatable bonds is 1. The Morgan fingerprint density at radius 3 is 2.52 bits per heavy atom. The van der Waals surface area contributed by atoms with Crippen LogP contribution in [0.5, 0.6) is 0 Å². The standard InChI is InChI=1S/C23H13ClO/c24-21-10-4-3-8-16(21)19-13-18-15-7-2-1-6-14(15)12-20(18)23-17(19)9-5-11-22(23)25/h1-13H. The smallest absolute Gasteiger partial charge is 0.187 e. The van der Waals surface area contributed by atoms with Crippen molar-refractivity contribution in [2.45, 2.75) is 0 Å². The SMILES string of the molecule is O=C1C=CC=c2c(-c3ccccc3Cl)cc3c(c21)C=c1ccccc1=3. The molecule has 0 aliphatic heterocycles. The number of allylic oxidation sites excluding steroid dienone is 2. The van der Waals surface area contributed by atoms with Crippen LogP contribution in [0.1, 0.15) is 15.9 Å². The lowest BCUT2D eigenvalue weighted by molar-refractivity contribution is 0.104. The van der Waals surface area contributed by atoms with Crippen molar-refractivity contribution in [2.75, 3.05) is 0 Å². The molecule has 0 bridgehead atoms. The second-order valence-corrected chi connectivity index (χ2v) is 6.68. The number of hydrogen-bond acceptors (Lipinski definition) is 1. The Balaban J connectivity index is 2.04. The van der Waals surface area contributed by atoms with Gasteiger partial charge in [0.15, 0.2) is 5.78 Å². The van der Waals surface area contributed by atoms with Gasteiger partial charge in [-0.3, -0.25) is 4.79 Å². The molecule has 0 fully saturated rings. The zero-order valence-electron chi connectivity index (χ0n) is 13.3. The highest BCUT2D eigenvalue weighted by Gasteiger charge is 2.20. The first-order valence-electron chi connectivity index (χ1n) is 8.20. The fraction of sp³-hybridized carbons (Fsp3) is 0. The third-order valence-electron chi connectivity index (χ3n) is 4.88. The Morgan fingerprint density at radius 2 is 1.64 bits per heavy atom. The van der Waals surface area contributed by atoms with Crippen LogP contribution in [0.25, 0.3) is 23.3 Å². The number of carbonyl (C=O) groups is 1. The molecule has 0 amide bonds. The number of fused-ring (bicyclic) bond motifs is 4. The third-order valence-corrected chi connectivity index (χ3v) is 5.21. The third kappa shape index (κ3) is 2.06. The van der Waals surface area contributed by atoms with Crippen molar-refractivity contribution in [3.05, 3.63) is 104 Å². The number of benzene rings is 3. The zero-order valence-corrected chi connectivity index (χ0v) is 14.0. The summed E-state index contributed by atoms with van der Waals surface area (Å²) in [7, 11) is 0. The molecule has 2 heteroatoms. The fourth-order valence-electron chi connectivity index (χ4n) is 3.77. The van der Waals surface area contributed by atoms with Crippen molar-refractivity contribution in [1.82, 2.24) is 0 Å². The van der Waals surface area contributed by atoms with E-state index in [9.17, 15) is 4.79 Å². The monoisotopic (exact) mass is 340 g/mol. The van der Waals surface area contributed by atoms with Gasteiger partial charge < -0.3 is 0 Å². The van der Waals surface area contributed by atoms with E-state index in [4.69, 9.17) is 11.6 Å². The molecule has 1 nitrogen and oxygen atoms in total. The van der Waals surface area contributed by atoms with Gasteiger partial charge in [0.2, 0.25) is 0 Å². The van der Waals surface area contributed by atoms with Gasteiger partial charge in [-0.2, -0.15) is 0 Å². The number of halogens is 1. The average Bonchev–Trinajstić information content (AvgIpc) is 3.00. The summed E-state index contributed by atoms with van der Waals surface area (Å²) < 4.78 is 0. The Morgan fingerprint density at radius 1 is 0.840 bits per heavy atom. The van der Waals surface area contributed by atoms with Crippen LogP contribution in [-0.4, -0.2) is 5.78 Å². The van der Waals surface area contributed by atoms with Crippen molar-refractivity contribution < 1.29 is 4.79 Å². The van der Waals surface area contributed by atoms with E-state index in [1.54, 1.807) is 6.08 Å². The number of hydrogen-bond donors (Lipinski definition) is 0. The molecule has 0 atom stereocenters. The summed E-state index contributed by atoms with van der Waals surface area (Å²) in [5.74, 6) is 0.0479. The summed E-state index contributed by atoms with van der Waals surface area (Å²) in [6.07, 6.45) is 7.58. The second-order valence-electron chi connectivity index (χ2n) is 6.28. The molecule has 0 heterocycles. The summed E-state index contributed by atoms with van der Waals surface area (Å²) in [6.45, 7) is 0. The number of carbonyl (C=O) groups excluding carboxylic acids is 1. The molecule has 0 radical (unpaired) electrons. The molecule has 2 aliphatic carbocycles. The van der Waals surface area contributed by atoms with E-state index in [-0.39, 0.29) is 5.78 Å². The highest BCUT2D eigenvalue weighted by atomic mass is 35.5. The van der Waals surface area contributed by atoms with Crippen molar-refractivity contribution in [3.8, 4) is 11.1 Å². The zero-order chi connectivity index (χ0) is 17.0.